The zero-order valence-corrected chi connectivity index (χ0v) is 16.0. The van der Waals surface area contributed by atoms with Crippen LogP contribution >= 0.6 is 0 Å². The minimum Gasteiger partial charge on any atom is -0.487 e. The smallest absolute Gasteiger partial charge is 0.227 e. The molecule has 2 aromatic heterocycles. The molecule has 0 spiro atoms. The number of nitrogens with one attached hydrogen (secondary N) is 1. The molecular formula is C21H21F2N5O. The van der Waals surface area contributed by atoms with Crippen LogP contribution in [0.4, 0.5) is 20.4 Å². The maximum atomic E-state index is 14.5. The summed E-state index contributed by atoms with van der Waals surface area (Å²) in [6.07, 6.45) is 9.64. The lowest BCUT2D eigenvalue weighted by Crippen LogP contribution is -2.04. The molecule has 1 aromatic carbocycles. The molecule has 0 aliphatic heterocycles. The van der Waals surface area contributed by atoms with E-state index in [0.717, 1.165) is 36.9 Å². The van der Waals surface area contributed by atoms with Crippen molar-refractivity contribution < 1.29 is 13.5 Å². The molecule has 2 saturated carbocycles. The van der Waals surface area contributed by atoms with Crippen molar-refractivity contribution in [3.05, 3.63) is 47.9 Å². The summed E-state index contributed by atoms with van der Waals surface area (Å²) in [6, 6.07) is 3.00. The van der Waals surface area contributed by atoms with Crippen LogP contribution in [0.15, 0.2) is 30.7 Å². The number of halogens is 2. The van der Waals surface area contributed by atoms with Crippen LogP contribution in [0.2, 0.25) is 0 Å². The summed E-state index contributed by atoms with van der Waals surface area (Å²) < 4.78 is 36.2. The predicted molar refractivity (Wildman–Crippen MR) is 104 cm³/mol. The Kier molecular flexibility index (Phi) is 4.41. The lowest BCUT2D eigenvalue weighted by molar-refractivity contribution is 0.270. The minimum absolute atomic E-state index is 0.321. The van der Waals surface area contributed by atoms with E-state index in [9.17, 15) is 8.78 Å². The number of aromatic nitrogens is 4. The third kappa shape index (κ3) is 3.92. The zero-order chi connectivity index (χ0) is 20.0. The second-order valence-corrected chi connectivity index (χ2v) is 7.81. The van der Waals surface area contributed by atoms with Crippen LogP contribution in [0.25, 0.3) is 11.3 Å². The number of nitrogens with zero attached hydrogens (tertiary/aromatic N) is 4. The van der Waals surface area contributed by atoms with Crippen LogP contribution in [0.5, 0.6) is 5.75 Å². The van der Waals surface area contributed by atoms with Crippen molar-refractivity contribution in [1.82, 2.24) is 19.7 Å². The molecule has 6 nitrogen and oxygen atoms in total. The number of anilines is 2. The molecular weight excluding hydrogens is 376 g/mol. The van der Waals surface area contributed by atoms with Gasteiger partial charge in [0.1, 0.15) is 0 Å². The molecule has 29 heavy (non-hydrogen) atoms. The van der Waals surface area contributed by atoms with Gasteiger partial charge in [-0.25, -0.2) is 18.7 Å². The van der Waals surface area contributed by atoms with Crippen LogP contribution in [0, 0.1) is 24.5 Å². The molecule has 0 unspecified atom stereocenters. The molecule has 2 fully saturated rings. The maximum absolute atomic E-state index is 14.5. The second-order valence-electron chi connectivity index (χ2n) is 7.81. The van der Waals surface area contributed by atoms with E-state index in [1.54, 1.807) is 19.3 Å². The number of benzene rings is 1. The molecule has 0 bridgehead atoms. The van der Waals surface area contributed by atoms with Gasteiger partial charge in [-0.1, -0.05) is 0 Å². The first-order valence-corrected chi connectivity index (χ1v) is 9.84. The van der Waals surface area contributed by atoms with Gasteiger partial charge in [-0.2, -0.15) is 5.10 Å². The van der Waals surface area contributed by atoms with E-state index in [1.807, 2.05) is 10.9 Å². The Hall–Kier alpha value is -3.03. The molecule has 2 aliphatic rings. The average molecular weight is 397 g/mol. The Bertz CT molecular complexity index is 1040. The largest absolute Gasteiger partial charge is 0.487 e. The van der Waals surface area contributed by atoms with Crippen LogP contribution in [-0.2, 0) is 0 Å². The number of ether oxygens (including phenoxy) is 1. The van der Waals surface area contributed by atoms with Gasteiger partial charge in [0.05, 0.1) is 30.2 Å². The van der Waals surface area contributed by atoms with Gasteiger partial charge in [0.25, 0.3) is 0 Å². The summed E-state index contributed by atoms with van der Waals surface area (Å²) in [4.78, 5) is 8.75. The highest BCUT2D eigenvalue weighted by atomic mass is 19.1. The Labute approximate surface area is 166 Å². The molecule has 0 atom stereocenters. The Morgan fingerprint density at radius 3 is 2.59 bits per heavy atom. The fourth-order valence-corrected chi connectivity index (χ4v) is 3.19. The molecule has 150 valence electrons. The van der Waals surface area contributed by atoms with E-state index in [0.29, 0.717) is 35.8 Å². The molecule has 5 rings (SSSR count). The lowest BCUT2D eigenvalue weighted by atomic mass is 10.1. The summed E-state index contributed by atoms with van der Waals surface area (Å²) in [6.45, 7) is 2.15. The first-order chi connectivity index (χ1) is 14.1. The van der Waals surface area contributed by atoms with Crippen molar-refractivity contribution in [3.63, 3.8) is 0 Å². The van der Waals surface area contributed by atoms with Gasteiger partial charge in [0.2, 0.25) is 5.95 Å². The molecule has 0 radical (unpaired) electrons. The highest BCUT2D eigenvalue weighted by Gasteiger charge is 2.25. The van der Waals surface area contributed by atoms with Gasteiger partial charge in [0.15, 0.2) is 17.4 Å². The molecule has 2 aliphatic carbocycles. The molecule has 0 saturated heterocycles. The van der Waals surface area contributed by atoms with E-state index in [-0.39, 0.29) is 5.75 Å². The van der Waals surface area contributed by atoms with E-state index in [4.69, 9.17) is 4.74 Å². The fourth-order valence-electron chi connectivity index (χ4n) is 3.19. The van der Waals surface area contributed by atoms with Crippen molar-refractivity contribution in [2.75, 3.05) is 11.9 Å². The first kappa shape index (κ1) is 18.0. The molecule has 0 amide bonds. The number of rotatable bonds is 7. The quantitative estimate of drug-likeness (QED) is 0.621. The van der Waals surface area contributed by atoms with E-state index in [1.165, 1.54) is 12.1 Å². The summed E-state index contributed by atoms with van der Waals surface area (Å²) in [5.74, 6) is -1.01. The Morgan fingerprint density at radius 2 is 1.90 bits per heavy atom. The Morgan fingerprint density at radius 1 is 1.14 bits per heavy atom. The van der Waals surface area contributed by atoms with E-state index in [2.05, 4.69) is 20.4 Å². The standard InChI is InChI=1S/C21H21F2N5O/c1-12-8-24-21(26-15-9-25-28(10-15)16-4-5-16)27-19(12)14-6-17(22)20(18(23)7-14)29-11-13-2-3-13/h6-10,13,16H,2-5,11H2,1H3,(H,24,26,27). The average Bonchev–Trinajstić information content (AvgIpc) is 3.62. The van der Waals surface area contributed by atoms with Crippen LogP contribution in [0.1, 0.15) is 37.3 Å². The van der Waals surface area contributed by atoms with E-state index < -0.39 is 11.6 Å². The molecule has 2 heterocycles. The highest BCUT2D eigenvalue weighted by Crippen LogP contribution is 2.35. The van der Waals surface area contributed by atoms with Crippen LogP contribution < -0.4 is 10.1 Å². The normalized spacial score (nSPS) is 16.1. The topological polar surface area (TPSA) is 64.9 Å². The van der Waals surface area contributed by atoms with Crippen molar-refractivity contribution in [2.24, 2.45) is 5.92 Å². The van der Waals surface area contributed by atoms with Gasteiger partial charge >= 0.3 is 0 Å². The third-order valence-corrected chi connectivity index (χ3v) is 5.18. The van der Waals surface area contributed by atoms with Crippen LogP contribution in [-0.4, -0.2) is 26.4 Å². The third-order valence-electron chi connectivity index (χ3n) is 5.18. The SMILES string of the molecule is Cc1cnc(Nc2cnn(C3CC3)c2)nc1-c1cc(F)c(OCC2CC2)c(F)c1. The zero-order valence-electron chi connectivity index (χ0n) is 16.0. The minimum atomic E-state index is -0.723. The predicted octanol–water partition coefficient (Wildman–Crippen LogP) is 4.79. The highest BCUT2D eigenvalue weighted by molar-refractivity contribution is 5.66. The number of aryl methyl sites for hydroxylation is 1. The first-order valence-electron chi connectivity index (χ1n) is 9.84. The van der Waals surface area contributed by atoms with Crippen molar-refractivity contribution in [2.45, 2.75) is 38.6 Å². The second kappa shape index (κ2) is 7.09. The number of hydrogen-bond acceptors (Lipinski definition) is 5. The summed E-state index contributed by atoms with van der Waals surface area (Å²) in [5.41, 5.74) is 2.29. The van der Waals surface area contributed by atoms with Crippen molar-refractivity contribution >= 4 is 11.6 Å². The van der Waals surface area contributed by atoms with Gasteiger partial charge in [-0.05, 0) is 56.2 Å². The maximum Gasteiger partial charge on any atom is 0.227 e. The van der Waals surface area contributed by atoms with E-state index >= 15 is 0 Å². The summed E-state index contributed by atoms with van der Waals surface area (Å²) in [5, 5.41) is 7.43. The van der Waals surface area contributed by atoms with Crippen molar-refractivity contribution in [3.8, 4) is 17.0 Å². The molecule has 1 N–H and O–H groups in total. The molecule has 3 aromatic rings. The summed E-state index contributed by atoms with van der Waals surface area (Å²) in [7, 11) is 0. The molecule has 8 heteroatoms. The van der Waals surface area contributed by atoms with Gasteiger partial charge in [-0.15, -0.1) is 0 Å². The number of hydrogen-bond donors (Lipinski definition) is 1. The van der Waals surface area contributed by atoms with Crippen molar-refractivity contribution in [1.29, 1.82) is 0 Å². The van der Waals surface area contributed by atoms with Crippen LogP contribution in [0.3, 0.4) is 0 Å². The summed E-state index contributed by atoms with van der Waals surface area (Å²) >= 11 is 0. The fraction of sp³-hybridized carbons (Fsp3) is 0.381. The lowest BCUT2D eigenvalue weighted by Gasteiger charge is -2.12. The van der Waals surface area contributed by atoms with Gasteiger partial charge in [-0.3, -0.25) is 4.68 Å². The Balaban J connectivity index is 1.39. The van der Waals surface area contributed by atoms with Gasteiger partial charge < -0.3 is 10.1 Å². The monoisotopic (exact) mass is 397 g/mol. The van der Waals surface area contributed by atoms with Gasteiger partial charge in [0, 0.05) is 18.0 Å².